The van der Waals surface area contributed by atoms with Gasteiger partial charge in [0.25, 0.3) is 5.91 Å². The summed E-state index contributed by atoms with van der Waals surface area (Å²) in [6.45, 7) is 1.92. The fourth-order valence-corrected chi connectivity index (χ4v) is 3.89. The maximum Gasteiger partial charge on any atom is 0.255 e. The third kappa shape index (κ3) is 5.41. The molecule has 2 N–H and O–H groups in total. The molecular formula is C21H18ClFN2O3S. The Labute approximate surface area is 173 Å². The number of carbonyl (C=O) groups is 1. The largest absolute Gasteiger partial charge is 0.322 e. The predicted molar refractivity (Wildman–Crippen MR) is 111 cm³/mol. The Morgan fingerprint density at radius 3 is 2.45 bits per heavy atom. The standard InChI is InChI=1S/C21H18ClFN2O3S/c1-14-5-7-15(8-6-14)13-24-29(27,28)20-11-16(9-10-19(20)23)21(26)25-18-4-2-3-17(22)12-18/h2-12,24H,13H2,1H3,(H,25,26). The molecule has 0 aliphatic rings. The lowest BCUT2D eigenvalue weighted by atomic mass is 10.2. The van der Waals surface area contributed by atoms with Crippen molar-refractivity contribution < 1.29 is 17.6 Å². The molecular weight excluding hydrogens is 415 g/mol. The van der Waals surface area contributed by atoms with E-state index in [-0.39, 0.29) is 12.1 Å². The van der Waals surface area contributed by atoms with E-state index in [1.165, 1.54) is 6.07 Å². The lowest BCUT2D eigenvalue weighted by molar-refractivity contribution is 0.102. The van der Waals surface area contributed by atoms with E-state index in [4.69, 9.17) is 11.6 Å². The average molecular weight is 433 g/mol. The molecule has 0 aromatic heterocycles. The molecule has 3 aromatic carbocycles. The van der Waals surface area contributed by atoms with E-state index >= 15 is 0 Å². The van der Waals surface area contributed by atoms with E-state index in [0.717, 1.165) is 23.3 Å². The van der Waals surface area contributed by atoms with Gasteiger partial charge in [-0.3, -0.25) is 4.79 Å². The first-order chi connectivity index (χ1) is 13.7. The van der Waals surface area contributed by atoms with Gasteiger partial charge >= 0.3 is 0 Å². The number of rotatable bonds is 6. The fourth-order valence-electron chi connectivity index (χ4n) is 2.58. The van der Waals surface area contributed by atoms with Crippen LogP contribution in [0.4, 0.5) is 10.1 Å². The first kappa shape index (κ1) is 21.0. The maximum atomic E-state index is 14.2. The van der Waals surface area contributed by atoms with E-state index in [1.54, 1.807) is 36.4 Å². The zero-order chi connectivity index (χ0) is 21.0. The number of halogens is 2. The van der Waals surface area contributed by atoms with Crippen LogP contribution in [0.5, 0.6) is 0 Å². The third-order valence-electron chi connectivity index (χ3n) is 4.15. The Kier molecular flexibility index (Phi) is 6.32. The van der Waals surface area contributed by atoms with Crippen LogP contribution in [-0.4, -0.2) is 14.3 Å². The van der Waals surface area contributed by atoms with Crippen LogP contribution in [0.25, 0.3) is 0 Å². The molecule has 5 nitrogen and oxygen atoms in total. The Morgan fingerprint density at radius 2 is 1.76 bits per heavy atom. The van der Waals surface area contributed by atoms with Gasteiger partial charge in [0.05, 0.1) is 0 Å². The van der Waals surface area contributed by atoms with Crippen LogP contribution in [0.3, 0.4) is 0 Å². The summed E-state index contributed by atoms with van der Waals surface area (Å²) in [6, 6.07) is 16.9. The van der Waals surface area contributed by atoms with Gasteiger partial charge < -0.3 is 5.32 Å². The zero-order valence-corrected chi connectivity index (χ0v) is 17.0. The monoisotopic (exact) mass is 432 g/mol. The SMILES string of the molecule is Cc1ccc(CNS(=O)(=O)c2cc(C(=O)Nc3cccc(Cl)c3)ccc2F)cc1. The van der Waals surface area contributed by atoms with Crippen molar-refractivity contribution in [2.24, 2.45) is 0 Å². The minimum atomic E-state index is -4.16. The van der Waals surface area contributed by atoms with Gasteiger partial charge in [-0.2, -0.15) is 0 Å². The molecule has 0 aliphatic carbocycles. The molecule has 0 radical (unpaired) electrons. The molecule has 0 heterocycles. The number of benzene rings is 3. The molecule has 29 heavy (non-hydrogen) atoms. The van der Waals surface area contributed by atoms with E-state index in [0.29, 0.717) is 10.7 Å². The van der Waals surface area contributed by atoms with Crippen molar-refractivity contribution in [2.45, 2.75) is 18.4 Å². The zero-order valence-electron chi connectivity index (χ0n) is 15.4. The Hall–Kier alpha value is -2.74. The quantitative estimate of drug-likeness (QED) is 0.601. The normalized spacial score (nSPS) is 11.3. The minimum absolute atomic E-state index is 0.000984. The van der Waals surface area contributed by atoms with Gasteiger partial charge in [-0.05, 0) is 48.9 Å². The number of carbonyl (C=O) groups excluding carboxylic acids is 1. The second kappa shape index (κ2) is 8.73. The van der Waals surface area contributed by atoms with Crippen molar-refractivity contribution in [3.8, 4) is 0 Å². The van der Waals surface area contributed by atoms with Crippen molar-refractivity contribution in [3.63, 3.8) is 0 Å². The molecule has 0 spiro atoms. The van der Waals surface area contributed by atoms with Gasteiger partial charge in [0.1, 0.15) is 10.7 Å². The Morgan fingerprint density at radius 1 is 1.03 bits per heavy atom. The van der Waals surface area contributed by atoms with Gasteiger partial charge in [0.15, 0.2) is 0 Å². The van der Waals surface area contributed by atoms with Crippen molar-refractivity contribution >= 4 is 33.2 Å². The van der Waals surface area contributed by atoms with E-state index in [1.807, 2.05) is 19.1 Å². The van der Waals surface area contributed by atoms with Crippen molar-refractivity contribution in [1.82, 2.24) is 4.72 Å². The summed E-state index contributed by atoms with van der Waals surface area (Å²) in [5.74, 6) is -1.53. The molecule has 0 saturated carbocycles. The lowest BCUT2D eigenvalue weighted by Gasteiger charge is -2.10. The number of amides is 1. The van der Waals surface area contributed by atoms with Crippen LogP contribution < -0.4 is 10.0 Å². The molecule has 3 rings (SSSR count). The van der Waals surface area contributed by atoms with E-state index < -0.39 is 26.6 Å². The second-order valence-electron chi connectivity index (χ2n) is 6.42. The molecule has 0 unspecified atom stereocenters. The highest BCUT2D eigenvalue weighted by Gasteiger charge is 2.21. The molecule has 8 heteroatoms. The van der Waals surface area contributed by atoms with Gasteiger partial charge in [-0.15, -0.1) is 0 Å². The molecule has 0 atom stereocenters. The van der Waals surface area contributed by atoms with Crippen LogP contribution in [0, 0.1) is 12.7 Å². The maximum absolute atomic E-state index is 14.2. The smallest absolute Gasteiger partial charge is 0.255 e. The highest BCUT2D eigenvalue weighted by Crippen LogP contribution is 2.20. The Bertz CT molecular complexity index is 1150. The van der Waals surface area contributed by atoms with Gasteiger partial charge in [-0.25, -0.2) is 17.5 Å². The summed E-state index contributed by atoms with van der Waals surface area (Å²) in [6.07, 6.45) is 0. The molecule has 3 aromatic rings. The fraction of sp³-hybridized carbons (Fsp3) is 0.0952. The molecule has 150 valence electrons. The number of anilines is 1. The first-order valence-corrected chi connectivity index (χ1v) is 10.5. The third-order valence-corrected chi connectivity index (χ3v) is 5.80. The molecule has 0 aliphatic heterocycles. The highest BCUT2D eigenvalue weighted by molar-refractivity contribution is 7.89. The first-order valence-electron chi connectivity index (χ1n) is 8.66. The summed E-state index contributed by atoms with van der Waals surface area (Å²) < 4.78 is 41.7. The summed E-state index contributed by atoms with van der Waals surface area (Å²) >= 11 is 5.89. The van der Waals surface area contributed by atoms with Crippen LogP contribution in [0.2, 0.25) is 5.02 Å². The molecule has 0 bridgehead atoms. The average Bonchev–Trinajstić information content (AvgIpc) is 2.68. The summed E-state index contributed by atoms with van der Waals surface area (Å²) in [5.41, 5.74) is 2.21. The molecule has 1 amide bonds. The van der Waals surface area contributed by atoms with Crippen LogP contribution in [0.1, 0.15) is 21.5 Å². The van der Waals surface area contributed by atoms with Gasteiger partial charge in [0.2, 0.25) is 10.0 Å². The number of nitrogens with one attached hydrogen (secondary N) is 2. The van der Waals surface area contributed by atoms with Gasteiger partial charge in [-0.1, -0.05) is 47.5 Å². The van der Waals surface area contributed by atoms with Gasteiger partial charge in [0, 0.05) is 22.8 Å². The van der Waals surface area contributed by atoms with Crippen molar-refractivity contribution in [1.29, 1.82) is 0 Å². The number of hydrogen-bond donors (Lipinski definition) is 2. The number of hydrogen-bond acceptors (Lipinski definition) is 3. The number of sulfonamides is 1. The lowest BCUT2D eigenvalue weighted by Crippen LogP contribution is -2.25. The van der Waals surface area contributed by atoms with Crippen LogP contribution >= 0.6 is 11.6 Å². The summed E-state index contributed by atoms with van der Waals surface area (Å²) in [7, 11) is -4.16. The Balaban J connectivity index is 1.79. The summed E-state index contributed by atoms with van der Waals surface area (Å²) in [4.78, 5) is 11.8. The van der Waals surface area contributed by atoms with Crippen LogP contribution in [0.15, 0.2) is 71.6 Å². The minimum Gasteiger partial charge on any atom is -0.322 e. The highest BCUT2D eigenvalue weighted by atomic mass is 35.5. The molecule has 0 saturated heterocycles. The number of aryl methyl sites for hydroxylation is 1. The van der Waals surface area contributed by atoms with Crippen molar-refractivity contribution in [2.75, 3.05) is 5.32 Å². The molecule has 0 fully saturated rings. The van der Waals surface area contributed by atoms with E-state index in [2.05, 4.69) is 10.0 Å². The topological polar surface area (TPSA) is 75.3 Å². The van der Waals surface area contributed by atoms with E-state index in [9.17, 15) is 17.6 Å². The second-order valence-corrected chi connectivity index (χ2v) is 8.59. The predicted octanol–water partition coefficient (Wildman–Crippen LogP) is 4.52. The van der Waals surface area contributed by atoms with Crippen molar-refractivity contribution in [3.05, 3.63) is 94.3 Å². The summed E-state index contributed by atoms with van der Waals surface area (Å²) in [5, 5.41) is 3.03. The van der Waals surface area contributed by atoms with Crippen LogP contribution in [-0.2, 0) is 16.6 Å².